The van der Waals surface area contributed by atoms with Crippen molar-refractivity contribution in [3.63, 3.8) is 0 Å². The molecule has 2 fully saturated rings. The first-order valence-electron chi connectivity index (χ1n) is 8.98. The highest BCUT2D eigenvalue weighted by atomic mass is 35.5. The van der Waals surface area contributed by atoms with Gasteiger partial charge in [-0.2, -0.15) is 0 Å². The van der Waals surface area contributed by atoms with E-state index in [0.29, 0.717) is 24.0 Å². The predicted octanol–water partition coefficient (Wildman–Crippen LogP) is 5.46. The molecule has 24 heavy (non-hydrogen) atoms. The number of fused-ring (bicyclic) bond motifs is 1. The number of halogens is 2. The number of ketones is 1. The van der Waals surface area contributed by atoms with Crippen molar-refractivity contribution < 1.29 is 9.90 Å². The number of rotatable bonds is 4. The van der Waals surface area contributed by atoms with Crippen molar-refractivity contribution in [1.82, 2.24) is 0 Å². The number of hydrogen-bond donors (Lipinski definition) is 1. The zero-order chi connectivity index (χ0) is 16.7. The van der Waals surface area contributed by atoms with Gasteiger partial charge >= 0.3 is 0 Å². The molecule has 2 aliphatic rings. The van der Waals surface area contributed by atoms with E-state index in [4.69, 9.17) is 0 Å². The number of allylic oxidation sites excluding steroid dienone is 1. The molecule has 4 heteroatoms. The number of carbonyl (C=O) groups excluding carboxylic acids is 1. The molecular formula is C20H36Cl2O2. The number of hydrogen-bond acceptors (Lipinski definition) is 2. The number of aliphatic hydroxyl groups is 1. The molecule has 0 aromatic carbocycles. The Morgan fingerprint density at radius 3 is 2.38 bits per heavy atom. The Labute approximate surface area is 160 Å². The van der Waals surface area contributed by atoms with Crippen LogP contribution in [-0.4, -0.2) is 17.0 Å². The molecule has 0 amide bonds. The van der Waals surface area contributed by atoms with Crippen LogP contribution < -0.4 is 0 Å². The SMILES string of the molecule is C=C[C@@H](C)CC(=O)[C@H]1[C@@H](C)CC[C@H]2C(C)(C)CCC(O)[C@]12C.Cl.Cl. The lowest BCUT2D eigenvalue weighted by Gasteiger charge is -2.60. The minimum Gasteiger partial charge on any atom is -0.393 e. The summed E-state index contributed by atoms with van der Waals surface area (Å²) in [6.07, 6.45) is 6.22. The van der Waals surface area contributed by atoms with Gasteiger partial charge in [0.1, 0.15) is 5.78 Å². The second kappa shape index (κ2) is 8.56. The van der Waals surface area contributed by atoms with Gasteiger partial charge in [-0.05, 0) is 48.9 Å². The van der Waals surface area contributed by atoms with Crippen LogP contribution in [0, 0.1) is 34.5 Å². The number of carbonyl (C=O) groups is 1. The third-order valence-corrected chi connectivity index (χ3v) is 6.90. The molecule has 0 saturated heterocycles. The van der Waals surface area contributed by atoms with Crippen LogP contribution in [-0.2, 0) is 4.79 Å². The molecule has 142 valence electrons. The standard InChI is InChI=1S/C20H34O2.2ClH/c1-7-13(2)12-15(21)18-14(3)8-9-16-19(4,5)11-10-17(22)20(16,18)6;;/h7,13-14,16-18,22H,1,8-12H2,2-6H3;2*1H/t13-,14+,16+,17?,18-,20-;;/m1../s1. The predicted molar refractivity (Wildman–Crippen MR) is 106 cm³/mol. The fourth-order valence-corrected chi connectivity index (χ4v) is 5.60. The van der Waals surface area contributed by atoms with Gasteiger partial charge in [0.05, 0.1) is 6.10 Å². The van der Waals surface area contributed by atoms with Gasteiger partial charge in [-0.1, -0.05) is 40.7 Å². The molecule has 0 bridgehead atoms. The molecule has 0 aromatic heterocycles. The maximum Gasteiger partial charge on any atom is 0.137 e. The minimum absolute atomic E-state index is 0. The van der Waals surface area contributed by atoms with Gasteiger partial charge in [0, 0.05) is 17.8 Å². The van der Waals surface area contributed by atoms with Gasteiger partial charge in [-0.25, -0.2) is 0 Å². The van der Waals surface area contributed by atoms with E-state index in [0.717, 1.165) is 25.7 Å². The molecule has 0 heterocycles. The average Bonchev–Trinajstić information content (AvgIpc) is 2.42. The Bertz CT molecular complexity index is 449. The summed E-state index contributed by atoms with van der Waals surface area (Å²) in [5, 5.41) is 10.9. The van der Waals surface area contributed by atoms with Gasteiger partial charge in [0.15, 0.2) is 0 Å². The molecule has 2 aliphatic carbocycles. The van der Waals surface area contributed by atoms with E-state index in [-0.39, 0.29) is 53.6 Å². The van der Waals surface area contributed by atoms with E-state index in [1.165, 1.54) is 0 Å². The van der Waals surface area contributed by atoms with E-state index in [1.807, 2.05) is 6.08 Å². The summed E-state index contributed by atoms with van der Waals surface area (Å²) >= 11 is 0. The molecule has 1 unspecified atom stereocenters. The lowest BCUT2D eigenvalue weighted by Crippen LogP contribution is -2.59. The van der Waals surface area contributed by atoms with E-state index in [2.05, 4.69) is 41.2 Å². The van der Waals surface area contributed by atoms with Crippen LogP contribution in [0.2, 0.25) is 0 Å². The molecule has 2 rings (SSSR count). The third kappa shape index (κ3) is 4.02. The number of Topliss-reactive ketones (excluding diaryl/α,β-unsaturated/α-hetero) is 1. The van der Waals surface area contributed by atoms with Crippen molar-refractivity contribution in [2.45, 2.75) is 72.8 Å². The fraction of sp³-hybridized carbons (Fsp3) is 0.850. The normalized spacial score (nSPS) is 38.8. The largest absolute Gasteiger partial charge is 0.393 e. The highest BCUT2D eigenvalue weighted by Gasteiger charge is 2.59. The van der Waals surface area contributed by atoms with Crippen LogP contribution in [0.4, 0.5) is 0 Å². The molecule has 2 saturated carbocycles. The summed E-state index contributed by atoms with van der Waals surface area (Å²) in [6.45, 7) is 14.9. The van der Waals surface area contributed by atoms with Crippen LogP contribution in [0.5, 0.6) is 0 Å². The smallest absolute Gasteiger partial charge is 0.137 e. The van der Waals surface area contributed by atoms with Gasteiger partial charge in [0.2, 0.25) is 0 Å². The Hall–Kier alpha value is -0.0500. The third-order valence-electron chi connectivity index (χ3n) is 6.90. The Balaban J connectivity index is 0.00000264. The van der Waals surface area contributed by atoms with Gasteiger partial charge < -0.3 is 5.11 Å². The molecule has 2 nitrogen and oxygen atoms in total. The lowest BCUT2D eigenvalue weighted by atomic mass is 9.45. The van der Waals surface area contributed by atoms with Crippen molar-refractivity contribution in [1.29, 1.82) is 0 Å². The molecule has 0 spiro atoms. The summed E-state index contributed by atoms with van der Waals surface area (Å²) in [5.41, 5.74) is -0.0475. The summed E-state index contributed by atoms with van der Waals surface area (Å²) in [7, 11) is 0. The molecule has 0 aliphatic heterocycles. The zero-order valence-electron chi connectivity index (χ0n) is 15.9. The maximum absolute atomic E-state index is 13.0. The van der Waals surface area contributed by atoms with Crippen LogP contribution in [0.15, 0.2) is 12.7 Å². The first-order valence-corrected chi connectivity index (χ1v) is 8.98. The first kappa shape index (κ1) is 23.9. The minimum atomic E-state index is -0.346. The van der Waals surface area contributed by atoms with Crippen molar-refractivity contribution in [2.75, 3.05) is 0 Å². The van der Waals surface area contributed by atoms with Crippen LogP contribution in [0.1, 0.15) is 66.7 Å². The van der Waals surface area contributed by atoms with Crippen molar-refractivity contribution >= 4 is 30.6 Å². The second-order valence-corrected chi connectivity index (χ2v) is 8.88. The van der Waals surface area contributed by atoms with E-state index >= 15 is 0 Å². The highest BCUT2D eigenvalue weighted by molar-refractivity contribution is 5.85. The number of aliphatic hydroxyl groups excluding tert-OH is 1. The van der Waals surface area contributed by atoms with Crippen molar-refractivity contribution in [2.24, 2.45) is 34.5 Å². The molecule has 1 N–H and O–H groups in total. The first-order chi connectivity index (χ1) is 10.1. The lowest BCUT2D eigenvalue weighted by molar-refractivity contribution is -0.175. The van der Waals surface area contributed by atoms with Crippen molar-refractivity contribution in [3.05, 3.63) is 12.7 Å². The van der Waals surface area contributed by atoms with Crippen LogP contribution >= 0.6 is 24.8 Å². The topological polar surface area (TPSA) is 37.3 Å². The van der Waals surface area contributed by atoms with E-state index < -0.39 is 0 Å². The van der Waals surface area contributed by atoms with Gasteiger partial charge in [-0.15, -0.1) is 31.4 Å². The highest BCUT2D eigenvalue weighted by Crippen LogP contribution is 2.61. The quantitative estimate of drug-likeness (QED) is 0.659. The molecular weight excluding hydrogens is 343 g/mol. The van der Waals surface area contributed by atoms with E-state index in [1.54, 1.807) is 0 Å². The second-order valence-electron chi connectivity index (χ2n) is 8.88. The summed E-state index contributed by atoms with van der Waals surface area (Å²) in [6, 6.07) is 0. The molecule has 0 aromatic rings. The van der Waals surface area contributed by atoms with Crippen LogP contribution in [0.25, 0.3) is 0 Å². The van der Waals surface area contributed by atoms with E-state index in [9.17, 15) is 9.90 Å². The Kier molecular flexibility index (Phi) is 8.54. The van der Waals surface area contributed by atoms with Crippen molar-refractivity contribution in [3.8, 4) is 0 Å². The molecule has 0 radical (unpaired) electrons. The van der Waals surface area contributed by atoms with Gasteiger partial charge in [-0.3, -0.25) is 4.79 Å². The van der Waals surface area contributed by atoms with Gasteiger partial charge in [0.25, 0.3) is 0 Å². The monoisotopic (exact) mass is 378 g/mol. The van der Waals surface area contributed by atoms with Crippen LogP contribution in [0.3, 0.4) is 0 Å². The summed E-state index contributed by atoms with van der Waals surface area (Å²) in [4.78, 5) is 13.0. The maximum atomic E-state index is 13.0. The zero-order valence-corrected chi connectivity index (χ0v) is 17.5. The summed E-state index contributed by atoms with van der Waals surface area (Å²) in [5.74, 6) is 1.35. The summed E-state index contributed by atoms with van der Waals surface area (Å²) < 4.78 is 0. The Morgan fingerprint density at radius 1 is 1.25 bits per heavy atom. The molecule has 6 atom stereocenters. The Morgan fingerprint density at radius 2 is 1.83 bits per heavy atom. The average molecular weight is 379 g/mol. The fourth-order valence-electron chi connectivity index (χ4n) is 5.60.